The maximum atomic E-state index is 12.8. The highest BCUT2D eigenvalue weighted by Crippen LogP contribution is 2.15. The Hall–Kier alpha value is -2.48. The van der Waals surface area contributed by atoms with Gasteiger partial charge in [0.2, 0.25) is 5.91 Å². The summed E-state index contributed by atoms with van der Waals surface area (Å²) in [5.41, 5.74) is 7.25. The lowest BCUT2D eigenvalue weighted by molar-refractivity contribution is -0.127. The predicted octanol–water partition coefficient (Wildman–Crippen LogP) is 3.43. The predicted molar refractivity (Wildman–Crippen MR) is 124 cm³/mol. The van der Waals surface area contributed by atoms with Gasteiger partial charge < -0.3 is 15.2 Å². The van der Waals surface area contributed by atoms with Crippen LogP contribution in [0.3, 0.4) is 0 Å². The summed E-state index contributed by atoms with van der Waals surface area (Å²) in [5.74, 6) is -0.659. The highest BCUT2D eigenvalue weighted by molar-refractivity contribution is 7.80. The van der Waals surface area contributed by atoms with Crippen LogP contribution in [-0.4, -0.2) is 35.4 Å². The van der Waals surface area contributed by atoms with E-state index in [9.17, 15) is 9.90 Å². The molecule has 2 atom stereocenters. The first-order chi connectivity index (χ1) is 14.6. The highest BCUT2D eigenvalue weighted by atomic mass is 32.1. The number of thiocarbonyl (C=S) groups is 1. The summed E-state index contributed by atoms with van der Waals surface area (Å²) in [4.78, 5) is 12.8. The largest absolute Gasteiger partial charge is 0.391 e. The molecule has 0 saturated heterocycles. The molecule has 4 N–H and O–H groups in total. The molecule has 2 rings (SSSR count). The van der Waals surface area contributed by atoms with Crippen molar-refractivity contribution in [1.82, 2.24) is 10.9 Å². The number of amides is 1. The number of rotatable bonds is 11. The minimum Gasteiger partial charge on any atom is -0.391 e. The van der Waals surface area contributed by atoms with Gasteiger partial charge in [0, 0.05) is 18.2 Å². The van der Waals surface area contributed by atoms with Crippen molar-refractivity contribution in [1.29, 1.82) is 0 Å². The van der Waals surface area contributed by atoms with Crippen LogP contribution < -0.4 is 16.2 Å². The Balaban J connectivity index is 1.89. The van der Waals surface area contributed by atoms with Crippen LogP contribution in [-0.2, 0) is 16.0 Å². The molecule has 7 heteroatoms. The quantitative estimate of drug-likeness (QED) is 0.249. The van der Waals surface area contributed by atoms with Crippen molar-refractivity contribution in [2.45, 2.75) is 38.7 Å². The first-order valence-corrected chi connectivity index (χ1v) is 10.7. The fourth-order valence-electron chi connectivity index (χ4n) is 2.95. The Labute approximate surface area is 184 Å². The number of benzene rings is 2. The van der Waals surface area contributed by atoms with Gasteiger partial charge in [0.1, 0.15) is 0 Å². The molecule has 0 radical (unpaired) electrons. The molecule has 2 aromatic rings. The third-order valence-electron chi connectivity index (χ3n) is 4.54. The van der Waals surface area contributed by atoms with Gasteiger partial charge >= 0.3 is 0 Å². The number of hydrazine groups is 1. The van der Waals surface area contributed by atoms with E-state index in [4.69, 9.17) is 17.0 Å². The second-order valence-corrected chi connectivity index (χ2v) is 7.55. The first kappa shape index (κ1) is 23.8. The van der Waals surface area contributed by atoms with Crippen molar-refractivity contribution >= 4 is 28.9 Å². The fraction of sp³-hybridized carbons (Fsp3) is 0.391. The highest BCUT2D eigenvalue weighted by Gasteiger charge is 2.23. The van der Waals surface area contributed by atoms with E-state index < -0.39 is 12.0 Å². The number of nitrogens with one attached hydrogen (secondary N) is 3. The van der Waals surface area contributed by atoms with Crippen LogP contribution in [0.5, 0.6) is 0 Å². The molecule has 0 aliphatic carbocycles. The third kappa shape index (κ3) is 9.35. The van der Waals surface area contributed by atoms with Gasteiger partial charge in [0.15, 0.2) is 5.11 Å². The maximum Gasteiger partial charge on any atom is 0.241 e. The van der Waals surface area contributed by atoms with Gasteiger partial charge in [-0.3, -0.25) is 15.6 Å². The number of aliphatic hydroxyl groups excluding tert-OH is 1. The smallest absolute Gasteiger partial charge is 0.241 e. The zero-order valence-corrected chi connectivity index (χ0v) is 18.2. The molecule has 0 unspecified atom stereocenters. The van der Waals surface area contributed by atoms with Gasteiger partial charge in [-0.25, -0.2) is 0 Å². The van der Waals surface area contributed by atoms with Crippen molar-refractivity contribution in [2.75, 3.05) is 18.5 Å². The molecule has 0 aliphatic rings. The van der Waals surface area contributed by atoms with E-state index in [-0.39, 0.29) is 17.6 Å². The average Bonchev–Trinajstić information content (AvgIpc) is 2.76. The van der Waals surface area contributed by atoms with Crippen molar-refractivity contribution in [3.05, 3.63) is 66.2 Å². The van der Waals surface area contributed by atoms with E-state index in [1.165, 1.54) is 0 Å². The van der Waals surface area contributed by atoms with Gasteiger partial charge in [-0.1, -0.05) is 61.9 Å². The molecule has 0 aromatic heterocycles. The monoisotopic (exact) mass is 429 g/mol. The number of unbranched alkanes of at least 4 members (excludes halogenated alkanes) is 1. The van der Waals surface area contributed by atoms with Crippen molar-refractivity contribution in [3.63, 3.8) is 0 Å². The molecule has 30 heavy (non-hydrogen) atoms. The molecule has 0 spiro atoms. The fourth-order valence-corrected chi connectivity index (χ4v) is 3.12. The zero-order chi connectivity index (χ0) is 21.6. The molecular formula is C23H31N3O3S. The number of hydrogen-bond donors (Lipinski definition) is 4. The molecular weight excluding hydrogens is 398 g/mol. The Bertz CT molecular complexity index is 759. The molecule has 0 saturated carbocycles. The van der Waals surface area contributed by atoms with Crippen LogP contribution in [0.2, 0.25) is 0 Å². The molecule has 162 valence electrons. The van der Waals surface area contributed by atoms with E-state index >= 15 is 0 Å². The van der Waals surface area contributed by atoms with Crippen molar-refractivity contribution in [2.24, 2.45) is 5.92 Å². The molecule has 0 heterocycles. The molecule has 0 aliphatic heterocycles. The Kier molecular flexibility index (Phi) is 10.9. The van der Waals surface area contributed by atoms with Crippen LogP contribution in [0.25, 0.3) is 0 Å². The second kappa shape index (κ2) is 13.7. The van der Waals surface area contributed by atoms with E-state index in [0.29, 0.717) is 19.4 Å². The number of ether oxygens (including phenoxy) is 1. The lowest BCUT2D eigenvalue weighted by Gasteiger charge is -2.21. The van der Waals surface area contributed by atoms with E-state index in [1.807, 2.05) is 60.7 Å². The van der Waals surface area contributed by atoms with Crippen molar-refractivity contribution < 1.29 is 14.6 Å². The summed E-state index contributed by atoms with van der Waals surface area (Å²) in [7, 11) is 0. The molecule has 1 amide bonds. The van der Waals surface area contributed by atoms with E-state index in [2.05, 4.69) is 23.1 Å². The van der Waals surface area contributed by atoms with Gasteiger partial charge in [-0.05, 0) is 49.2 Å². The topological polar surface area (TPSA) is 82.6 Å². The SMILES string of the molecule is CCCCOC[C@H](O)C[C@@H](Cc1ccccc1)C(=O)NNC(=S)Nc1ccccc1. The number of anilines is 1. The number of carbonyl (C=O) groups is 1. The van der Waals surface area contributed by atoms with Gasteiger partial charge in [-0.2, -0.15) is 0 Å². The van der Waals surface area contributed by atoms with Crippen LogP contribution in [0.4, 0.5) is 5.69 Å². The Morgan fingerprint density at radius 2 is 1.73 bits per heavy atom. The summed E-state index contributed by atoms with van der Waals surface area (Å²) >= 11 is 5.23. The molecule has 6 nitrogen and oxygen atoms in total. The van der Waals surface area contributed by atoms with Gasteiger partial charge in [-0.15, -0.1) is 0 Å². The Morgan fingerprint density at radius 3 is 2.40 bits per heavy atom. The molecule has 0 fully saturated rings. The number of carbonyl (C=O) groups excluding carboxylic acids is 1. The van der Waals surface area contributed by atoms with Crippen LogP contribution in [0.15, 0.2) is 60.7 Å². The van der Waals surface area contributed by atoms with E-state index in [0.717, 1.165) is 24.1 Å². The normalized spacial score (nSPS) is 12.6. The number of hydrogen-bond acceptors (Lipinski definition) is 4. The lowest BCUT2D eigenvalue weighted by Crippen LogP contribution is -2.47. The van der Waals surface area contributed by atoms with Gasteiger partial charge in [0.25, 0.3) is 0 Å². The van der Waals surface area contributed by atoms with Gasteiger partial charge in [0.05, 0.1) is 12.7 Å². The van der Waals surface area contributed by atoms with Crippen LogP contribution in [0.1, 0.15) is 31.7 Å². The summed E-state index contributed by atoms with van der Waals surface area (Å²) < 4.78 is 5.50. The minimum atomic E-state index is -0.712. The summed E-state index contributed by atoms with van der Waals surface area (Å²) in [6, 6.07) is 19.2. The summed E-state index contributed by atoms with van der Waals surface area (Å²) in [6.07, 6.45) is 2.09. The number of aliphatic hydroxyl groups is 1. The molecule has 0 bridgehead atoms. The zero-order valence-electron chi connectivity index (χ0n) is 17.3. The third-order valence-corrected chi connectivity index (χ3v) is 4.74. The van der Waals surface area contributed by atoms with Crippen LogP contribution >= 0.6 is 12.2 Å². The van der Waals surface area contributed by atoms with E-state index in [1.54, 1.807) is 0 Å². The minimum absolute atomic E-state index is 0.222. The summed E-state index contributed by atoms with van der Waals surface area (Å²) in [6.45, 7) is 2.92. The average molecular weight is 430 g/mol. The van der Waals surface area contributed by atoms with Crippen LogP contribution in [0, 0.1) is 5.92 Å². The lowest BCUT2D eigenvalue weighted by atomic mass is 9.93. The number of para-hydroxylation sites is 1. The standard InChI is InChI=1S/C23H31N3O3S/c1-2-3-14-29-17-21(27)16-19(15-18-10-6-4-7-11-18)22(28)25-26-23(30)24-20-12-8-5-9-13-20/h4-13,19,21,27H,2-3,14-17H2,1H3,(H,25,28)(H2,24,26,30)/t19-,21-/m1/s1. The first-order valence-electron chi connectivity index (χ1n) is 10.3. The summed E-state index contributed by atoms with van der Waals surface area (Å²) in [5, 5.41) is 13.6. The maximum absolute atomic E-state index is 12.8. The Morgan fingerprint density at radius 1 is 1.07 bits per heavy atom. The second-order valence-electron chi connectivity index (χ2n) is 7.14. The van der Waals surface area contributed by atoms with Crippen molar-refractivity contribution in [3.8, 4) is 0 Å². The molecule has 2 aromatic carbocycles.